The van der Waals surface area contributed by atoms with Crippen LogP contribution in [-0.4, -0.2) is 37.2 Å². The summed E-state index contributed by atoms with van der Waals surface area (Å²) in [5.74, 6) is 1.91. The van der Waals surface area contributed by atoms with Crippen molar-refractivity contribution in [2.45, 2.75) is 53.8 Å². The molecule has 0 unspecified atom stereocenters. The third kappa shape index (κ3) is 6.07. The number of aryl methyl sites for hydroxylation is 1. The van der Waals surface area contributed by atoms with Crippen LogP contribution in [0.25, 0.3) is 0 Å². The molecule has 116 valence electrons. The van der Waals surface area contributed by atoms with Gasteiger partial charge in [-0.2, -0.15) is 0 Å². The molecule has 1 rings (SSSR count). The molecule has 0 atom stereocenters. The fraction of sp³-hybridized carbons (Fsp3) is 0.750. The molecule has 0 saturated carbocycles. The van der Waals surface area contributed by atoms with Gasteiger partial charge in [0.15, 0.2) is 0 Å². The number of furan rings is 1. The standard InChI is InChI=1S/C16H30N2O2/c1-6-18(7-2)8-9-19-12-16-10-15(14(5)20-16)11-17-13(3)4/h10,13,17H,6-9,11-12H2,1-5H3. The van der Waals surface area contributed by atoms with Crippen molar-refractivity contribution >= 4 is 0 Å². The van der Waals surface area contributed by atoms with E-state index in [1.807, 2.05) is 6.92 Å². The Kier molecular flexibility index (Phi) is 7.88. The molecule has 1 aromatic heterocycles. The minimum absolute atomic E-state index is 0.484. The van der Waals surface area contributed by atoms with E-state index >= 15 is 0 Å². The van der Waals surface area contributed by atoms with Crippen molar-refractivity contribution in [2.75, 3.05) is 26.2 Å². The average Bonchev–Trinajstić information content (AvgIpc) is 2.77. The minimum Gasteiger partial charge on any atom is -0.464 e. The second kappa shape index (κ2) is 9.16. The lowest BCUT2D eigenvalue weighted by Gasteiger charge is -2.17. The Morgan fingerprint density at radius 2 is 2.00 bits per heavy atom. The maximum Gasteiger partial charge on any atom is 0.130 e. The topological polar surface area (TPSA) is 37.6 Å². The Balaban J connectivity index is 2.32. The van der Waals surface area contributed by atoms with Crippen molar-refractivity contribution < 1.29 is 9.15 Å². The first-order chi connectivity index (χ1) is 9.56. The molecule has 4 nitrogen and oxygen atoms in total. The Hall–Kier alpha value is -0.840. The van der Waals surface area contributed by atoms with Crippen molar-refractivity contribution in [1.82, 2.24) is 10.2 Å². The molecule has 0 aromatic carbocycles. The van der Waals surface area contributed by atoms with Gasteiger partial charge in [-0.1, -0.05) is 27.7 Å². The van der Waals surface area contributed by atoms with Gasteiger partial charge in [-0.3, -0.25) is 0 Å². The molecular formula is C16H30N2O2. The fourth-order valence-corrected chi connectivity index (χ4v) is 2.05. The molecule has 1 aromatic rings. The molecule has 1 N–H and O–H groups in total. The summed E-state index contributed by atoms with van der Waals surface area (Å²) in [6.45, 7) is 15.9. The number of hydrogen-bond donors (Lipinski definition) is 1. The first-order valence-electron chi connectivity index (χ1n) is 7.68. The van der Waals surface area contributed by atoms with Gasteiger partial charge < -0.3 is 19.4 Å². The second-order valence-electron chi connectivity index (χ2n) is 5.41. The van der Waals surface area contributed by atoms with Gasteiger partial charge in [0.25, 0.3) is 0 Å². The molecule has 0 aliphatic heterocycles. The molecule has 0 aliphatic rings. The molecule has 0 spiro atoms. The average molecular weight is 282 g/mol. The van der Waals surface area contributed by atoms with Crippen LogP contribution in [0.2, 0.25) is 0 Å². The molecule has 0 bridgehead atoms. The molecule has 0 radical (unpaired) electrons. The van der Waals surface area contributed by atoms with E-state index in [4.69, 9.17) is 9.15 Å². The van der Waals surface area contributed by atoms with Crippen molar-refractivity contribution in [3.8, 4) is 0 Å². The van der Waals surface area contributed by atoms with Crippen molar-refractivity contribution in [1.29, 1.82) is 0 Å². The number of hydrogen-bond acceptors (Lipinski definition) is 4. The first-order valence-corrected chi connectivity index (χ1v) is 7.68. The van der Waals surface area contributed by atoms with Gasteiger partial charge in [0.2, 0.25) is 0 Å². The van der Waals surface area contributed by atoms with Crippen LogP contribution < -0.4 is 5.32 Å². The van der Waals surface area contributed by atoms with Gasteiger partial charge in [-0.15, -0.1) is 0 Å². The summed E-state index contributed by atoms with van der Waals surface area (Å²) in [6.07, 6.45) is 0. The molecular weight excluding hydrogens is 252 g/mol. The van der Waals surface area contributed by atoms with Crippen molar-refractivity contribution in [2.24, 2.45) is 0 Å². The molecule has 0 saturated heterocycles. The highest BCUT2D eigenvalue weighted by Gasteiger charge is 2.08. The molecule has 0 aliphatic carbocycles. The quantitative estimate of drug-likeness (QED) is 0.670. The SMILES string of the molecule is CCN(CC)CCOCc1cc(CNC(C)C)c(C)o1. The number of ether oxygens (including phenoxy) is 1. The van der Waals surface area contributed by atoms with Crippen LogP contribution in [0.4, 0.5) is 0 Å². The number of nitrogens with zero attached hydrogens (tertiary/aromatic N) is 1. The van der Waals surface area contributed by atoms with Crippen LogP contribution in [-0.2, 0) is 17.9 Å². The lowest BCUT2D eigenvalue weighted by Crippen LogP contribution is -2.26. The van der Waals surface area contributed by atoms with E-state index in [2.05, 4.69) is 44.0 Å². The van der Waals surface area contributed by atoms with Crippen LogP contribution in [0.15, 0.2) is 10.5 Å². The summed E-state index contributed by atoms with van der Waals surface area (Å²) >= 11 is 0. The summed E-state index contributed by atoms with van der Waals surface area (Å²) in [4.78, 5) is 2.35. The Bertz CT molecular complexity index is 371. The Labute approximate surface area is 123 Å². The highest BCUT2D eigenvalue weighted by molar-refractivity contribution is 5.20. The lowest BCUT2D eigenvalue weighted by atomic mass is 10.2. The summed E-state index contributed by atoms with van der Waals surface area (Å²) in [6, 6.07) is 2.58. The maximum absolute atomic E-state index is 5.73. The van der Waals surface area contributed by atoms with E-state index in [0.717, 1.165) is 44.3 Å². The third-order valence-corrected chi connectivity index (χ3v) is 3.46. The number of likely N-dealkylation sites (N-methyl/N-ethyl adjacent to an activating group) is 1. The van der Waals surface area contributed by atoms with Crippen molar-refractivity contribution in [3.63, 3.8) is 0 Å². The first kappa shape index (κ1) is 17.2. The molecule has 0 amide bonds. The Morgan fingerprint density at radius 1 is 1.30 bits per heavy atom. The third-order valence-electron chi connectivity index (χ3n) is 3.46. The normalized spacial score (nSPS) is 11.8. The van der Waals surface area contributed by atoms with Gasteiger partial charge >= 0.3 is 0 Å². The van der Waals surface area contributed by atoms with Crippen LogP contribution in [0, 0.1) is 6.92 Å². The van der Waals surface area contributed by atoms with Gasteiger partial charge in [0.05, 0.1) is 6.61 Å². The lowest BCUT2D eigenvalue weighted by molar-refractivity contribution is 0.0839. The highest BCUT2D eigenvalue weighted by atomic mass is 16.5. The molecule has 0 fully saturated rings. The van der Waals surface area contributed by atoms with Crippen LogP contribution >= 0.6 is 0 Å². The summed E-state index contributed by atoms with van der Waals surface area (Å²) in [5, 5.41) is 3.41. The maximum atomic E-state index is 5.73. The van der Waals surface area contributed by atoms with Crippen molar-refractivity contribution in [3.05, 3.63) is 23.2 Å². The number of nitrogens with one attached hydrogen (secondary N) is 1. The molecule has 20 heavy (non-hydrogen) atoms. The van der Waals surface area contributed by atoms with E-state index in [1.54, 1.807) is 0 Å². The zero-order valence-electron chi connectivity index (χ0n) is 13.7. The summed E-state index contributed by atoms with van der Waals surface area (Å²) in [5.41, 5.74) is 1.22. The summed E-state index contributed by atoms with van der Waals surface area (Å²) in [7, 11) is 0. The van der Waals surface area contributed by atoms with E-state index < -0.39 is 0 Å². The molecule has 1 heterocycles. The van der Waals surface area contributed by atoms with E-state index in [-0.39, 0.29) is 0 Å². The van der Waals surface area contributed by atoms with E-state index in [1.165, 1.54) is 5.56 Å². The van der Waals surface area contributed by atoms with E-state index in [9.17, 15) is 0 Å². The zero-order valence-corrected chi connectivity index (χ0v) is 13.7. The number of rotatable bonds is 10. The predicted octanol–water partition coefficient (Wildman–Crippen LogP) is 2.94. The van der Waals surface area contributed by atoms with E-state index in [0.29, 0.717) is 12.6 Å². The zero-order chi connectivity index (χ0) is 15.0. The minimum atomic E-state index is 0.484. The monoisotopic (exact) mass is 282 g/mol. The molecule has 4 heteroatoms. The van der Waals surface area contributed by atoms with Gasteiger partial charge in [0, 0.05) is 24.7 Å². The van der Waals surface area contributed by atoms with Gasteiger partial charge in [0.1, 0.15) is 18.1 Å². The van der Waals surface area contributed by atoms with Crippen LogP contribution in [0.5, 0.6) is 0 Å². The van der Waals surface area contributed by atoms with Gasteiger partial charge in [-0.25, -0.2) is 0 Å². The predicted molar refractivity (Wildman–Crippen MR) is 82.9 cm³/mol. The Morgan fingerprint density at radius 3 is 2.60 bits per heavy atom. The fourth-order valence-electron chi connectivity index (χ4n) is 2.05. The summed E-state index contributed by atoms with van der Waals surface area (Å²) < 4.78 is 11.4. The smallest absolute Gasteiger partial charge is 0.130 e. The second-order valence-corrected chi connectivity index (χ2v) is 5.41. The highest BCUT2D eigenvalue weighted by Crippen LogP contribution is 2.15. The van der Waals surface area contributed by atoms with Crippen LogP contribution in [0.3, 0.4) is 0 Å². The van der Waals surface area contributed by atoms with Crippen LogP contribution in [0.1, 0.15) is 44.8 Å². The largest absolute Gasteiger partial charge is 0.464 e. The van der Waals surface area contributed by atoms with Gasteiger partial charge in [-0.05, 0) is 26.1 Å².